The van der Waals surface area contributed by atoms with Gasteiger partial charge >= 0.3 is 0 Å². The number of fused-ring (bicyclic) bond motifs is 1. The molecule has 1 heterocycles. The van der Waals surface area contributed by atoms with Crippen molar-refractivity contribution < 1.29 is 14.4 Å². The zero-order valence-corrected chi connectivity index (χ0v) is 17.2. The summed E-state index contributed by atoms with van der Waals surface area (Å²) in [5, 5.41) is 4.41. The molecule has 0 saturated heterocycles. The number of amides is 3. The number of carbonyl (C=O) groups is 3. The summed E-state index contributed by atoms with van der Waals surface area (Å²) in [5.74, 6) is -0.208. The Hall–Kier alpha value is -3.00. The lowest BCUT2D eigenvalue weighted by Crippen LogP contribution is -2.51. The maximum Gasteiger partial charge on any atom is 0.258 e. The Morgan fingerprint density at radius 2 is 1.83 bits per heavy atom. The number of rotatable bonds is 7. The minimum atomic E-state index is -0.665. The number of benzene rings is 2. The number of hydrogen-bond donors (Lipinski definition) is 2. The van der Waals surface area contributed by atoms with Gasteiger partial charge in [-0.1, -0.05) is 30.3 Å². The Morgan fingerprint density at radius 3 is 2.55 bits per heavy atom. The molecule has 0 aliphatic carbocycles. The van der Waals surface area contributed by atoms with Crippen molar-refractivity contribution in [2.45, 2.75) is 12.5 Å². The molecule has 2 aromatic carbocycles. The van der Waals surface area contributed by atoms with Crippen LogP contribution in [0.15, 0.2) is 54.6 Å². The molecule has 1 unspecified atom stereocenters. The zero-order chi connectivity index (χ0) is 20.8. The molecule has 0 aromatic heterocycles. The first-order valence-corrected chi connectivity index (χ1v) is 10.7. The van der Waals surface area contributed by atoms with Crippen LogP contribution in [0.5, 0.6) is 0 Å². The van der Waals surface area contributed by atoms with E-state index in [4.69, 9.17) is 0 Å². The van der Waals surface area contributed by atoms with E-state index in [9.17, 15) is 14.4 Å². The lowest BCUT2D eigenvalue weighted by atomic mass is 10.1. The Balaban J connectivity index is 1.82. The maximum absolute atomic E-state index is 13.2. The van der Waals surface area contributed by atoms with Gasteiger partial charge in [-0.15, -0.1) is 0 Å². The molecule has 3 amide bonds. The highest BCUT2D eigenvalue weighted by atomic mass is 32.2. The molecule has 2 aromatic rings. The Labute approximate surface area is 174 Å². The molecule has 152 valence electrons. The van der Waals surface area contributed by atoms with Crippen LogP contribution in [-0.4, -0.2) is 49.4 Å². The quantitative estimate of drug-likeness (QED) is 0.681. The number of hydrogen-bond acceptors (Lipinski definition) is 5. The van der Waals surface area contributed by atoms with Crippen LogP contribution in [0.25, 0.3) is 0 Å². The molecule has 1 aliphatic rings. The van der Waals surface area contributed by atoms with Gasteiger partial charge in [0.25, 0.3) is 11.8 Å². The SMILES string of the molecule is CSCCC1NC(=O)c2ccccc2N(CC(=O)NN(C)c2ccccc2)C1=O. The first-order valence-electron chi connectivity index (χ1n) is 9.29. The molecule has 0 spiro atoms. The molecule has 8 heteroatoms. The predicted molar refractivity (Wildman–Crippen MR) is 116 cm³/mol. The average Bonchev–Trinajstić information content (AvgIpc) is 2.83. The van der Waals surface area contributed by atoms with E-state index in [1.165, 1.54) is 4.90 Å². The van der Waals surface area contributed by atoms with E-state index in [0.29, 0.717) is 17.7 Å². The van der Waals surface area contributed by atoms with Crippen molar-refractivity contribution in [1.29, 1.82) is 0 Å². The number of hydrazine groups is 1. The summed E-state index contributed by atoms with van der Waals surface area (Å²) in [6.07, 6.45) is 2.45. The van der Waals surface area contributed by atoms with Gasteiger partial charge in [-0.25, -0.2) is 0 Å². The summed E-state index contributed by atoms with van der Waals surface area (Å²) in [6, 6.07) is 15.6. The molecule has 2 N–H and O–H groups in total. The minimum absolute atomic E-state index is 0.183. The van der Waals surface area contributed by atoms with Gasteiger partial charge in [-0.3, -0.25) is 24.8 Å². The summed E-state index contributed by atoms with van der Waals surface area (Å²) >= 11 is 1.60. The van der Waals surface area contributed by atoms with Crippen molar-refractivity contribution in [3.8, 4) is 0 Å². The van der Waals surface area contributed by atoms with Crippen molar-refractivity contribution in [1.82, 2.24) is 10.7 Å². The molecule has 0 fully saturated rings. The van der Waals surface area contributed by atoms with Crippen molar-refractivity contribution in [2.75, 3.05) is 35.5 Å². The van der Waals surface area contributed by atoms with E-state index in [1.54, 1.807) is 48.1 Å². The summed E-state index contributed by atoms with van der Waals surface area (Å²) in [5.41, 5.74) is 4.42. The first-order chi connectivity index (χ1) is 14.0. The summed E-state index contributed by atoms with van der Waals surface area (Å²) in [4.78, 5) is 39.9. The van der Waals surface area contributed by atoms with Crippen molar-refractivity contribution in [3.05, 3.63) is 60.2 Å². The standard InChI is InChI=1S/C21H24N4O3S/c1-24(15-8-4-3-5-9-15)23-19(26)14-25-18-11-7-6-10-16(18)20(27)22-17(21(25)28)12-13-29-2/h3-11,17H,12-14H2,1-2H3,(H,22,27)(H,23,26). The second-order valence-corrected chi connectivity index (χ2v) is 7.66. The van der Waals surface area contributed by atoms with E-state index in [2.05, 4.69) is 10.7 Å². The summed E-state index contributed by atoms with van der Waals surface area (Å²) < 4.78 is 0. The molecule has 29 heavy (non-hydrogen) atoms. The molecule has 3 rings (SSSR count). The van der Waals surface area contributed by atoms with Gasteiger partial charge in [0.1, 0.15) is 12.6 Å². The Bertz CT molecular complexity index is 891. The fraction of sp³-hybridized carbons (Fsp3) is 0.286. The Kier molecular flexibility index (Phi) is 6.77. The normalized spacial score (nSPS) is 15.9. The average molecular weight is 413 g/mol. The van der Waals surface area contributed by atoms with E-state index in [1.807, 2.05) is 36.6 Å². The fourth-order valence-electron chi connectivity index (χ4n) is 3.18. The topological polar surface area (TPSA) is 81.8 Å². The highest BCUT2D eigenvalue weighted by Gasteiger charge is 2.34. The van der Waals surface area contributed by atoms with Gasteiger partial charge in [0.05, 0.1) is 16.9 Å². The predicted octanol–water partition coefficient (Wildman–Crippen LogP) is 2.05. The lowest BCUT2D eigenvalue weighted by Gasteiger charge is -2.26. The van der Waals surface area contributed by atoms with Crippen LogP contribution < -0.4 is 20.7 Å². The molecule has 0 bridgehead atoms. The molecule has 1 aliphatic heterocycles. The summed E-state index contributed by atoms with van der Waals surface area (Å²) in [7, 11) is 1.73. The third-order valence-electron chi connectivity index (χ3n) is 4.66. The highest BCUT2D eigenvalue weighted by molar-refractivity contribution is 7.98. The molecule has 1 atom stereocenters. The van der Waals surface area contributed by atoms with Gasteiger partial charge < -0.3 is 10.2 Å². The minimum Gasteiger partial charge on any atom is -0.340 e. The first kappa shape index (κ1) is 20.7. The second-order valence-electron chi connectivity index (χ2n) is 6.68. The number of nitrogens with zero attached hydrogens (tertiary/aromatic N) is 2. The van der Waals surface area contributed by atoms with Crippen LogP contribution in [0.2, 0.25) is 0 Å². The lowest BCUT2D eigenvalue weighted by molar-refractivity contribution is -0.124. The number of carbonyl (C=O) groups excluding carboxylic acids is 3. The van der Waals surface area contributed by atoms with Gasteiger partial charge in [-0.2, -0.15) is 11.8 Å². The Morgan fingerprint density at radius 1 is 1.14 bits per heavy atom. The number of anilines is 2. The third-order valence-corrected chi connectivity index (χ3v) is 5.30. The second kappa shape index (κ2) is 9.47. The van der Waals surface area contributed by atoms with Gasteiger partial charge in [0, 0.05) is 7.05 Å². The monoisotopic (exact) mass is 412 g/mol. The van der Waals surface area contributed by atoms with E-state index in [0.717, 1.165) is 11.4 Å². The smallest absolute Gasteiger partial charge is 0.258 e. The third kappa shape index (κ3) is 4.89. The van der Waals surface area contributed by atoms with Crippen LogP contribution in [0.1, 0.15) is 16.8 Å². The maximum atomic E-state index is 13.2. The number of thioether (sulfide) groups is 1. The molecule has 7 nitrogen and oxygen atoms in total. The molecular weight excluding hydrogens is 388 g/mol. The number of nitrogens with one attached hydrogen (secondary N) is 2. The molecule has 0 saturated carbocycles. The van der Waals surface area contributed by atoms with Crippen molar-refractivity contribution in [2.24, 2.45) is 0 Å². The van der Waals surface area contributed by atoms with Crippen LogP contribution >= 0.6 is 11.8 Å². The van der Waals surface area contributed by atoms with Crippen LogP contribution in [0.3, 0.4) is 0 Å². The molecular formula is C21H24N4O3S. The van der Waals surface area contributed by atoms with E-state index in [-0.39, 0.29) is 24.3 Å². The number of para-hydroxylation sites is 2. The van der Waals surface area contributed by atoms with Crippen molar-refractivity contribution >= 4 is 40.9 Å². The van der Waals surface area contributed by atoms with Gasteiger partial charge in [-0.05, 0) is 42.7 Å². The van der Waals surface area contributed by atoms with Crippen molar-refractivity contribution in [3.63, 3.8) is 0 Å². The van der Waals surface area contributed by atoms with E-state index >= 15 is 0 Å². The van der Waals surface area contributed by atoms with Gasteiger partial charge in [0.2, 0.25) is 5.91 Å². The zero-order valence-electron chi connectivity index (χ0n) is 16.4. The fourth-order valence-corrected chi connectivity index (χ4v) is 3.65. The molecule has 0 radical (unpaired) electrons. The largest absolute Gasteiger partial charge is 0.340 e. The summed E-state index contributed by atoms with van der Waals surface area (Å²) in [6.45, 7) is -0.183. The van der Waals surface area contributed by atoms with Crippen LogP contribution in [-0.2, 0) is 9.59 Å². The van der Waals surface area contributed by atoms with Crippen LogP contribution in [0.4, 0.5) is 11.4 Å². The van der Waals surface area contributed by atoms with Gasteiger partial charge in [0.15, 0.2) is 0 Å². The van der Waals surface area contributed by atoms with E-state index < -0.39 is 6.04 Å². The van der Waals surface area contributed by atoms with Crippen LogP contribution in [0, 0.1) is 0 Å². The highest BCUT2D eigenvalue weighted by Crippen LogP contribution is 2.25.